The lowest BCUT2D eigenvalue weighted by Gasteiger charge is -2.42. The molecule has 5 atom stereocenters. The largest absolute Gasteiger partial charge is 0.396 e. The van der Waals surface area contributed by atoms with E-state index in [9.17, 15) is 9.90 Å². The Labute approximate surface area is 117 Å². The zero-order chi connectivity index (χ0) is 14.5. The van der Waals surface area contributed by atoms with Crippen LogP contribution >= 0.6 is 0 Å². The number of hydrogen-bond donors (Lipinski definition) is 2. The van der Waals surface area contributed by atoms with Gasteiger partial charge in [0.2, 0.25) is 5.91 Å². The summed E-state index contributed by atoms with van der Waals surface area (Å²) in [5.74, 6) is -0.918. The molecule has 3 heterocycles. The number of carbonyl (C=O) groups excluding carboxylic acids is 1. The maximum absolute atomic E-state index is 11.4. The normalized spacial score (nSPS) is 45.2. The van der Waals surface area contributed by atoms with E-state index in [-0.39, 0.29) is 24.7 Å². The van der Waals surface area contributed by atoms with Crippen molar-refractivity contribution in [1.82, 2.24) is 5.32 Å². The molecule has 114 valence electrons. The van der Waals surface area contributed by atoms with Gasteiger partial charge in [0.05, 0.1) is 6.61 Å². The van der Waals surface area contributed by atoms with E-state index >= 15 is 0 Å². The first-order valence-corrected chi connectivity index (χ1v) is 6.90. The second-order valence-corrected chi connectivity index (χ2v) is 6.08. The first kappa shape index (κ1) is 14.2. The topological polar surface area (TPSA) is 86.3 Å². The highest BCUT2D eigenvalue weighted by Gasteiger charge is 2.65. The summed E-state index contributed by atoms with van der Waals surface area (Å²) in [6.07, 6.45) is -0.872. The van der Waals surface area contributed by atoms with Gasteiger partial charge in [-0.15, -0.1) is 0 Å². The van der Waals surface area contributed by atoms with E-state index in [2.05, 4.69) is 5.32 Å². The molecule has 3 saturated heterocycles. The molecular formula is C13H21NO6. The number of nitrogens with one attached hydrogen (secondary N) is 1. The number of aliphatic hydroxyl groups excluding tert-OH is 1. The van der Waals surface area contributed by atoms with Gasteiger partial charge in [0, 0.05) is 20.0 Å². The van der Waals surface area contributed by atoms with Crippen LogP contribution in [0.15, 0.2) is 0 Å². The molecule has 3 fully saturated rings. The van der Waals surface area contributed by atoms with Crippen LogP contribution in [-0.4, -0.2) is 60.2 Å². The minimum absolute atomic E-state index is 0.0199. The van der Waals surface area contributed by atoms with Crippen molar-refractivity contribution in [2.75, 3.05) is 13.2 Å². The molecule has 20 heavy (non-hydrogen) atoms. The third kappa shape index (κ3) is 2.14. The summed E-state index contributed by atoms with van der Waals surface area (Å²) in [5, 5.41) is 12.1. The Balaban J connectivity index is 1.91. The maximum atomic E-state index is 11.4. The number of amides is 1. The minimum Gasteiger partial charge on any atom is -0.396 e. The molecule has 0 aliphatic carbocycles. The van der Waals surface area contributed by atoms with E-state index in [0.717, 1.165) is 0 Å². The molecule has 7 nitrogen and oxygen atoms in total. The summed E-state index contributed by atoms with van der Waals surface area (Å²) in [5.41, 5.74) is -0.702. The minimum atomic E-state index is -0.748. The van der Waals surface area contributed by atoms with Crippen molar-refractivity contribution >= 4 is 5.91 Å². The summed E-state index contributed by atoms with van der Waals surface area (Å²) >= 11 is 0. The predicted molar refractivity (Wildman–Crippen MR) is 66.7 cm³/mol. The number of carbonyl (C=O) groups is 1. The van der Waals surface area contributed by atoms with Crippen LogP contribution in [0.25, 0.3) is 0 Å². The fourth-order valence-electron chi connectivity index (χ4n) is 3.31. The molecular weight excluding hydrogens is 266 g/mol. The zero-order valence-corrected chi connectivity index (χ0v) is 11.9. The molecule has 1 amide bonds. The standard InChI is InChI=1S/C13H21NO6/c1-7(16)14-8-9-10(19-12(2,3)18-9)13(4-5-15)6-17-11(8)20-13/h8-11,15H,4-6H2,1-3H3,(H,14,16)/t8-,9-,10-,11+,13+/m1/s1. The highest BCUT2D eigenvalue weighted by atomic mass is 16.8. The summed E-state index contributed by atoms with van der Waals surface area (Å²) in [6.45, 7) is 5.41. The number of fused-ring (bicyclic) bond motifs is 4. The summed E-state index contributed by atoms with van der Waals surface area (Å²) in [7, 11) is 0. The monoisotopic (exact) mass is 287 g/mol. The van der Waals surface area contributed by atoms with Crippen LogP contribution in [0, 0.1) is 0 Å². The molecule has 0 unspecified atom stereocenters. The van der Waals surface area contributed by atoms with E-state index in [1.165, 1.54) is 6.92 Å². The van der Waals surface area contributed by atoms with E-state index in [1.807, 2.05) is 13.8 Å². The van der Waals surface area contributed by atoms with Gasteiger partial charge in [-0.1, -0.05) is 0 Å². The van der Waals surface area contributed by atoms with Crippen LogP contribution in [0.1, 0.15) is 27.2 Å². The van der Waals surface area contributed by atoms with Gasteiger partial charge in [0.15, 0.2) is 12.1 Å². The lowest BCUT2D eigenvalue weighted by molar-refractivity contribution is -0.201. The van der Waals surface area contributed by atoms with E-state index in [1.54, 1.807) is 0 Å². The SMILES string of the molecule is CC(=O)N[C@H]1[C@H]2OC[C@](CCO)(O2)[C@@H]2OC(C)(C)O[C@H]12. The van der Waals surface area contributed by atoms with Gasteiger partial charge in [0.1, 0.15) is 23.9 Å². The third-order valence-electron chi connectivity index (χ3n) is 4.04. The van der Waals surface area contributed by atoms with Gasteiger partial charge in [-0.05, 0) is 13.8 Å². The Bertz CT molecular complexity index is 414. The van der Waals surface area contributed by atoms with E-state index in [4.69, 9.17) is 18.9 Å². The van der Waals surface area contributed by atoms with Crippen molar-refractivity contribution in [2.24, 2.45) is 0 Å². The Morgan fingerprint density at radius 3 is 2.75 bits per heavy atom. The smallest absolute Gasteiger partial charge is 0.217 e. The van der Waals surface area contributed by atoms with Crippen molar-refractivity contribution in [1.29, 1.82) is 0 Å². The molecule has 0 radical (unpaired) electrons. The second kappa shape index (κ2) is 4.64. The molecule has 2 N–H and O–H groups in total. The van der Waals surface area contributed by atoms with Gasteiger partial charge in [-0.25, -0.2) is 0 Å². The fourth-order valence-corrected chi connectivity index (χ4v) is 3.31. The van der Waals surface area contributed by atoms with Gasteiger partial charge >= 0.3 is 0 Å². The highest BCUT2D eigenvalue weighted by molar-refractivity contribution is 5.73. The number of aliphatic hydroxyl groups is 1. The Kier molecular flexibility index (Phi) is 3.30. The van der Waals surface area contributed by atoms with Crippen LogP contribution in [0.4, 0.5) is 0 Å². The Morgan fingerprint density at radius 1 is 1.35 bits per heavy atom. The molecule has 0 aromatic rings. The molecule has 0 spiro atoms. The molecule has 3 aliphatic rings. The maximum Gasteiger partial charge on any atom is 0.217 e. The van der Waals surface area contributed by atoms with E-state index < -0.39 is 23.7 Å². The molecule has 3 rings (SSSR count). The van der Waals surface area contributed by atoms with Crippen molar-refractivity contribution in [3.05, 3.63) is 0 Å². The van der Waals surface area contributed by atoms with Crippen LogP contribution in [0.2, 0.25) is 0 Å². The number of hydrogen-bond acceptors (Lipinski definition) is 6. The van der Waals surface area contributed by atoms with Crippen molar-refractivity contribution < 1.29 is 28.8 Å². The molecule has 2 bridgehead atoms. The summed E-state index contributed by atoms with van der Waals surface area (Å²) < 4.78 is 23.5. The van der Waals surface area contributed by atoms with E-state index in [0.29, 0.717) is 13.0 Å². The van der Waals surface area contributed by atoms with Gasteiger partial charge in [-0.3, -0.25) is 4.79 Å². The van der Waals surface area contributed by atoms with Crippen molar-refractivity contribution in [3.8, 4) is 0 Å². The Hall–Kier alpha value is -0.730. The van der Waals surface area contributed by atoms with Crippen molar-refractivity contribution in [2.45, 2.75) is 63.1 Å². The van der Waals surface area contributed by atoms with Crippen LogP contribution in [-0.2, 0) is 23.7 Å². The lowest BCUT2D eigenvalue weighted by atomic mass is 9.85. The average Bonchev–Trinajstić information content (AvgIpc) is 2.86. The number of ether oxygens (including phenoxy) is 4. The molecule has 0 saturated carbocycles. The van der Waals surface area contributed by atoms with Crippen LogP contribution in [0.3, 0.4) is 0 Å². The summed E-state index contributed by atoms with van der Waals surface area (Å²) in [4.78, 5) is 11.4. The predicted octanol–water partition coefficient (Wildman–Crippen LogP) is -0.481. The van der Waals surface area contributed by atoms with Crippen LogP contribution < -0.4 is 5.32 Å². The molecule has 3 aliphatic heterocycles. The van der Waals surface area contributed by atoms with Crippen molar-refractivity contribution in [3.63, 3.8) is 0 Å². The lowest BCUT2D eigenvalue weighted by Crippen LogP contribution is -2.64. The summed E-state index contributed by atoms with van der Waals surface area (Å²) in [6, 6.07) is -0.409. The van der Waals surface area contributed by atoms with Gasteiger partial charge in [0.25, 0.3) is 0 Å². The molecule has 0 aromatic carbocycles. The molecule has 0 aromatic heterocycles. The highest BCUT2D eigenvalue weighted by Crippen LogP contribution is 2.47. The third-order valence-corrected chi connectivity index (χ3v) is 4.04. The first-order valence-electron chi connectivity index (χ1n) is 6.90. The van der Waals surface area contributed by atoms with Gasteiger partial charge in [-0.2, -0.15) is 0 Å². The quantitative estimate of drug-likeness (QED) is 0.729. The first-order chi connectivity index (χ1) is 9.37. The number of rotatable bonds is 3. The average molecular weight is 287 g/mol. The fraction of sp³-hybridized carbons (Fsp3) is 0.923. The Morgan fingerprint density at radius 2 is 2.10 bits per heavy atom. The molecule has 7 heteroatoms. The second-order valence-electron chi connectivity index (χ2n) is 6.08. The zero-order valence-electron chi connectivity index (χ0n) is 11.9. The van der Waals surface area contributed by atoms with Crippen LogP contribution in [0.5, 0.6) is 0 Å². The van der Waals surface area contributed by atoms with Gasteiger partial charge < -0.3 is 29.4 Å².